The van der Waals surface area contributed by atoms with Crippen LogP contribution in [-0.2, 0) is 13.1 Å². The number of hydrogen-bond acceptors (Lipinski definition) is 4. The first-order valence-electron chi connectivity index (χ1n) is 9.29. The molecular formula is C21H27N3O4. The predicted octanol–water partition coefficient (Wildman–Crippen LogP) is 2.19. The summed E-state index contributed by atoms with van der Waals surface area (Å²) in [6, 6.07) is 7.31. The highest BCUT2D eigenvalue weighted by Gasteiger charge is 2.19. The molecule has 7 nitrogen and oxygen atoms in total. The molecule has 2 rings (SSSR count). The summed E-state index contributed by atoms with van der Waals surface area (Å²) in [6.07, 6.45) is 3.01. The van der Waals surface area contributed by atoms with E-state index in [2.05, 4.69) is 10.6 Å². The number of ether oxygens (including phenoxy) is 1. The van der Waals surface area contributed by atoms with Crippen LogP contribution in [0.25, 0.3) is 0 Å². The molecule has 0 aliphatic heterocycles. The highest BCUT2D eigenvalue weighted by atomic mass is 16.5. The van der Waals surface area contributed by atoms with Crippen molar-refractivity contribution in [2.75, 3.05) is 13.7 Å². The number of rotatable bonds is 8. The summed E-state index contributed by atoms with van der Waals surface area (Å²) < 4.78 is 6.99. The number of para-hydroxylation sites is 1. The van der Waals surface area contributed by atoms with Gasteiger partial charge in [-0.25, -0.2) is 0 Å². The third kappa shape index (κ3) is 5.22. The third-order valence-corrected chi connectivity index (χ3v) is 4.11. The molecule has 0 aliphatic rings. The van der Waals surface area contributed by atoms with Crippen LogP contribution in [0.1, 0.15) is 47.1 Å². The fourth-order valence-corrected chi connectivity index (χ4v) is 2.86. The van der Waals surface area contributed by atoms with Crippen LogP contribution in [0.4, 0.5) is 0 Å². The Morgan fingerprint density at radius 3 is 2.25 bits per heavy atom. The van der Waals surface area contributed by atoms with E-state index in [0.717, 1.165) is 5.56 Å². The minimum absolute atomic E-state index is 0.0348. The van der Waals surface area contributed by atoms with Gasteiger partial charge in [0, 0.05) is 37.6 Å². The van der Waals surface area contributed by atoms with Crippen LogP contribution in [0, 0.1) is 5.92 Å². The summed E-state index contributed by atoms with van der Waals surface area (Å²) in [5.74, 6) is -0.0749. The zero-order chi connectivity index (χ0) is 20.7. The second-order valence-electron chi connectivity index (χ2n) is 6.86. The van der Waals surface area contributed by atoms with E-state index in [4.69, 9.17) is 4.74 Å². The van der Waals surface area contributed by atoms with E-state index in [1.54, 1.807) is 24.7 Å². The number of methoxy groups -OCH3 is 1. The molecule has 2 amide bonds. The van der Waals surface area contributed by atoms with Gasteiger partial charge in [-0.1, -0.05) is 32.0 Å². The number of hydrogen-bond donors (Lipinski definition) is 2. The summed E-state index contributed by atoms with van der Waals surface area (Å²) in [5.41, 5.74) is 0.121. The van der Waals surface area contributed by atoms with E-state index in [-0.39, 0.29) is 23.6 Å². The Bertz CT molecular complexity index is 903. The number of nitrogens with zero attached hydrogens (tertiary/aromatic N) is 1. The molecule has 0 fully saturated rings. The Hall–Kier alpha value is -3.09. The van der Waals surface area contributed by atoms with Crippen molar-refractivity contribution in [3.63, 3.8) is 0 Å². The Morgan fingerprint density at radius 2 is 1.68 bits per heavy atom. The first kappa shape index (κ1) is 21.2. The van der Waals surface area contributed by atoms with Crippen molar-refractivity contribution in [2.24, 2.45) is 5.92 Å². The Kier molecular flexibility index (Phi) is 7.37. The topological polar surface area (TPSA) is 89.4 Å². The van der Waals surface area contributed by atoms with Gasteiger partial charge in [0.2, 0.25) is 5.43 Å². The number of nitrogens with one attached hydrogen (secondary N) is 2. The molecule has 7 heteroatoms. The molecule has 0 aliphatic carbocycles. The van der Waals surface area contributed by atoms with Crippen LogP contribution in [0.3, 0.4) is 0 Å². The van der Waals surface area contributed by atoms with Crippen LogP contribution >= 0.6 is 0 Å². The lowest BCUT2D eigenvalue weighted by molar-refractivity contribution is 0.0948. The number of benzene rings is 1. The quantitative estimate of drug-likeness (QED) is 0.729. The molecule has 0 radical (unpaired) electrons. The van der Waals surface area contributed by atoms with E-state index in [1.165, 1.54) is 12.4 Å². The zero-order valence-corrected chi connectivity index (χ0v) is 16.7. The number of carbonyl (C=O) groups excluding carboxylic acids is 2. The maximum absolute atomic E-state index is 12.7. The van der Waals surface area contributed by atoms with Crippen LogP contribution in [0.15, 0.2) is 41.5 Å². The Balaban J connectivity index is 2.33. The fraction of sp³-hybridized carbons (Fsp3) is 0.381. The normalized spacial score (nSPS) is 10.6. The first-order chi connectivity index (χ1) is 13.4. The van der Waals surface area contributed by atoms with Gasteiger partial charge in [0.05, 0.1) is 7.11 Å². The van der Waals surface area contributed by atoms with Crippen molar-refractivity contribution in [2.45, 2.75) is 33.9 Å². The van der Waals surface area contributed by atoms with E-state index >= 15 is 0 Å². The van der Waals surface area contributed by atoms with Gasteiger partial charge in [0.1, 0.15) is 16.9 Å². The highest BCUT2D eigenvalue weighted by molar-refractivity contribution is 5.99. The van der Waals surface area contributed by atoms with Crippen molar-refractivity contribution in [1.82, 2.24) is 15.2 Å². The fourth-order valence-electron chi connectivity index (χ4n) is 2.86. The monoisotopic (exact) mass is 385 g/mol. The third-order valence-electron chi connectivity index (χ3n) is 4.11. The van der Waals surface area contributed by atoms with Crippen LogP contribution in [0.5, 0.6) is 5.75 Å². The average molecular weight is 385 g/mol. The molecule has 1 aromatic carbocycles. The van der Waals surface area contributed by atoms with Gasteiger partial charge in [-0.3, -0.25) is 14.4 Å². The van der Waals surface area contributed by atoms with Crippen LogP contribution in [0.2, 0.25) is 0 Å². The lowest BCUT2D eigenvalue weighted by Gasteiger charge is -2.14. The standard InChI is InChI=1S/C21H27N3O4/c1-5-22-20(26)16-12-24(11-14(2)3)13-17(19(16)25)21(27)23-10-15-8-6-7-9-18(15)28-4/h6-9,12-14H,5,10-11H2,1-4H3,(H,22,26)(H,23,27). The summed E-state index contributed by atoms with van der Waals surface area (Å²) in [5, 5.41) is 5.37. The Labute approximate surface area is 164 Å². The maximum atomic E-state index is 12.7. The van der Waals surface area contributed by atoms with Gasteiger partial charge in [-0.15, -0.1) is 0 Å². The molecule has 2 aromatic rings. The number of pyridine rings is 1. The summed E-state index contributed by atoms with van der Waals surface area (Å²) in [7, 11) is 1.56. The van der Waals surface area contributed by atoms with Crippen molar-refractivity contribution in [3.05, 3.63) is 63.6 Å². The zero-order valence-electron chi connectivity index (χ0n) is 16.7. The second-order valence-corrected chi connectivity index (χ2v) is 6.86. The van der Waals surface area contributed by atoms with Gasteiger partial charge in [-0.05, 0) is 18.9 Å². The lowest BCUT2D eigenvalue weighted by atomic mass is 10.1. The van der Waals surface area contributed by atoms with E-state index in [1.807, 2.05) is 32.0 Å². The molecule has 28 heavy (non-hydrogen) atoms. The first-order valence-corrected chi connectivity index (χ1v) is 9.29. The Morgan fingerprint density at radius 1 is 1.07 bits per heavy atom. The van der Waals surface area contributed by atoms with E-state index in [9.17, 15) is 14.4 Å². The largest absolute Gasteiger partial charge is 0.496 e. The summed E-state index contributed by atoms with van der Waals surface area (Å²) in [6.45, 7) is 7.00. The maximum Gasteiger partial charge on any atom is 0.257 e. The molecule has 0 spiro atoms. The summed E-state index contributed by atoms with van der Waals surface area (Å²) >= 11 is 0. The molecule has 1 heterocycles. The minimum Gasteiger partial charge on any atom is -0.496 e. The summed E-state index contributed by atoms with van der Waals surface area (Å²) in [4.78, 5) is 37.7. The van der Waals surface area contributed by atoms with Crippen molar-refractivity contribution >= 4 is 11.8 Å². The smallest absolute Gasteiger partial charge is 0.257 e. The SMILES string of the molecule is CCNC(=O)c1cn(CC(C)C)cc(C(=O)NCc2ccccc2OC)c1=O. The molecule has 0 bridgehead atoms. The molecule has 0 saturated heterocycles. The average Bonchev–Trinajstić information content (AvgIpc) is 2.67. The number of aromatic nitrogens is 1. The van der Waals surface area contributed by atoms with Crippen molar-refractivity contribution < 1.29 is 14.3 Å². The molecule has 0 saturated carbocycles. The highest BCUT2D eigenvalue weighted by Crippen LogP contribution is 2.16. The molecule has 0 atom stereocenters. The molecule has 1 aromatic heterocycles. The molecule has 2 N–H and O–H groups in total. The number of carbonyl (C=O) groups is 2. The molecular weight excluding hydrogens is 358 g/mol. The minimum atomic E-state index is -0.580. The van der Waals surface area contributed by atoms with Crippen molar-refractivity contribution in [3.8, 4) is 5.75 Å². The van der Waals surface area contributed by atoms with Gasteiger partial charge in [0.25, 0.3) is 11.8 Å². The van der Waals surface area contributed by atoms with E-state index in [0.29, 0.717) is 18.8 Å². The van der Waals surface area contributed by atoms with Gasteiger partial charge < -0.3 is 19.9 Å². The van der Waals surface area contributed by atoms with Crippen LogP contribution in [-0.4, -0.2) is 30.0 Å². The van der Waals surface area contributed by atoms with Crippen LogP contribution < -0.4 is 20.8 Å². The predicted molar refractivity (Wildman–Crippen MR) is 108 cm³/mol. The molecule has 150 valence electrons. The van der Waals surface area contributed by atoms with Gasteiger partial charge in [-0.2, -0.15) is 0 Å². The second kappa shape index (κ2) is 9.73. The van der Waals surface area contributed by atoms with Crippen molar-refractivity contribution in [1.29, 1.82) is 0 Å². The van der Waals surface area contributed by atoms with E-state index < -0.39 is 17.2 Å². The number of amides is 2. The van der Waals surface area contributed by atoms with Gasteiger partial charge in [0.15, 0.2) is 0 Å². The van der Waals surface area contributed by atoms with Gasteiger partial charge >= 0.3 is 0 Å². The lowest BCUT2D eigenvalue weighted by Crippen LogP contribution is -2.35. The molecule has 0 unspecified atom stereocenters.